The van der Waals surface area contributed by atoms with Crippen LogP contribution in [0.5, 0.6) is 0 Å². The molecule has 2 heterocycles. The van der Waals surface area contributed by atoms with Gasteiger partial charge >= 0.3 is 11.9 Å². The number of rotatable bonds is 4. The molecule has 0 saturated carbocycles. The van der Waals surface area contributed by atoms with Crippen LogP contribution in [0.1, 0.15) is 6.92 Å². The average molecular weight is 363 g/mol. The van der Waals surface area contributed by atoms with Crippen LogP contribution in [0.4, 0.5) is 30.5 Å². The molecule has 0 bridgehead atoms. The molecule has 0 spiro atoms. The number of nitrogens with two attached hydrogens (primary N) is 1. The van der Waals surface area contributed by atoms with Crippen LogP contribution in [0.25, 0.3) is 0 Å². The third-order valence-electron chi connectivity index (χ3n) is 3.14. The van der Waals surface area contributed by atoms with Gasteiger partial charge in [0.1, 0.15) is 16.4 Å². The molecule has 1 amide bonds. The summed E-state index contributed by atoms with van der Waals surface area (Å²) in [6, 6.07) is 2.13. The zero-order valence-electron chi connectivity index (χ0n) is 12.4. The third kappa shape index (κ3) is 3.09. The minimum absolute atomic E-state index is 0.187. The Bertz CT molecular complexity index is 737. The summed E-state index contributed by atoms with van der Waals surface area (Å²) in [6.45, 7) is 1.44. The number of anilines is 2. The van der Waals surface area contributed by atoms with Gasteiger partial charge in [-0.3, -0.25) is 14.9 Å². The second-order valence-electron chi connectivity index (χ2n) is 4.67. The Morgan fingerprint density at radius 2 is 2.12 bits per heavy atom. The molecular weight excluding hydrogens is 351 g/mol. The molecule has 1 aliphatic rings. The largest absolute Gasteiger partial charge is 0.432 e. The van der Waals surface area contributed by atoms with E-state index < -0.39 is 33.0 Å². The number of carbonyl (C=O) groups is 1. The first-order valence-electron chi connectivity index (χ1n) is 6.48. The smallest absolute Gasteiger partial charge is 0.367 e. The van der Waals surface area contributed by atoms with E-state index in [0.29, 0.717) is 11.8 Å². The van der Waals surface area contributed by atoms with E-state index in [1.807, 2.05) is 0 Å². The molecule has 0 fully saturated rings. The Labute approximate surface area is 138 Å². The number of aromatic nitrogens is 1. The summed E-state index contributed by atoms with van der Waals surface area (Å²) in [5, 5.41) is 12.6. The fourth-order valence-corrected chi connectivity index (χ4v) is 3.32. The lowest BCUT2D eigenvalue weighted by Gasteiger charge is -2.26. The number of allylic oxidation sites excluding steroid dienone is 1. The predicted molar refractivity (Wildman–Crippen MR) is 82.2 cm³/mol. The van der Waals surface area contributed by atoms with Gasteiger partial charge < -0.3 is 16.0 Å². The molecule has 0 saturated heterocycles. The van der Waals surface area contributed by atoms with E-state index in [9.17, 15) is 28.1 Å². The number of nitrogens with zero attached hydrogens (tertiary/aromatic N) is 3. The minimum atomic E-state index is -4.84. The molecule has 12 heteroatoms. The van der Waals surface area contributed by atoms with E-state index in [1.165, 1.54) is 14.0 Å². The van der Waals surface area contributed by atoms with E-state index >= 15 is 0 Å². The maximum Gasteiger partial charge on any atom is 0.432 e. The van der Waals surface area contributed by atoms with E-state index in [1.54, 1.807) is 0 Å². The Balaban J connectivity index is 2.61. The second kappa shape index (κ2) is 6.19. The lowest BCUT2D eigenvalue weighted by Crippen LogP contribution is -2.34. The third-order valence-corrected chi connectivity index (χ3v) is 4.32. The number of alkyl halides is 3. The topological polar surface area (TPSA) is 114 Å². The summed E-state index contributed by atoms with van der Waals surface area (Å²) in [6.07, 6.45) is -4.84. The van der Waals surface area contributed by atoms with Gasteiger partial charge in [0, 0.05) is 13.1 Å². The summed E-state index contributed by atoms with van der Waals surface area (Å²) in [5.41, 5.74) is 3.43. The number of primary amides is 1. The SMILES string of the molecule is CNc1nc(N2C(C(F)(F)F)=C(C(N)=O)SC2C)ccc1[N+](=O)[O-]. The molecular formula is C12H12F3N5O3S. The first-order valence-corrected chi connectivity index (χ1v) is 7.36. The number of halogens is 3. The monoisotopic (exact) mass is 363 g/mol. The summed E-state index contributed by atoms with van der Waals surface area (Å²) < 4.78 is 40.2. The molecule has 0 radical (unpaired) electrons. The van der Waals surface area contributed by atoms with Gasteiger partial charge in [0.05, 0.1) is 10.3 Å². The first-order chi connectivity index (χ1) is 11.1. The van der Waals surface area contributed by atoms with Crippen molar-refractivity contribution in [1.82, 2.24) is 4.98 Å². The summed E-state index contributed by atoms with van der Waals surface area (Å²) in [7, 11) is 1.36. The Morgan fingerprint density at radius 1 is 1.50 bits per heavy atom. The number of nitrogens with one attached hydrogen (secondary N) is 1. The van der Waals surface area contributed by atoms with Gasteiger partial charge in [0.2, 0.25) is 5.82 Å². The maximum atomic E-state index is 13.4. The molecule has 24 heavy (non-hydrogen) atoms. The minimum Gasteiger partial charge on any atom is -0.367 e. The lowest BCUT2D eigenvalue weighted by atomic mass is 10.3. The van der Waals surface area contributed by atoms with Crippen LogP contribution in [0, 0.1) is 10.1 Å². The molecule has 3 N–H and O–H groups in total. The highest BCUT2D eigenvalue weighted by Crippen LogP contribution is 2.47. The molecule has 1 aromatic heterocycles. The number of nitro groups is 1. The fraction of sp³-hybridized carbons (Fsp3) is 0.333. The van der Waals surface area contributed by atoms with Crippen molar-refractivity contribution in [2.75, 3.05) is 17.3 Å². The van der Waals surface area contributed by atoms with E-state index in [-0.39, 0.29) is 17.3 Å². The fourth-order valence-electron chi connectivity index (χ4n) is 2.22. The second-order valence-corrected chi connectivity index (χ2v) is 6.00. The normalized spacial score (nSPS) is 18.0. The highest BCUT2D eigenvalue weighted by atomic mass is 32.2. The molecule has 1 aliphatic heterocycles. The van der Waals surface area contributed by atoms with Crippen molar-refractivity contribution in [2.45, 2.75) is 18.5 Å². The molecule has 0 aromatic carbocycles. The van der Waals surface area contributed by atoms with Crippen molar-refractivity contribution < 1.29 is 22.9 Å². The molecule has 1 atom stereocenters. The Morgan fingerprint density at radius 3 is 2.58 bits per heavy atom. The molecule has 1 unspecified atom stereocenters. The number of carbonyl (C=O) groups excluding carboxylic acids is 1. The molecule has 8 nitrogen and oxygen atoms in total. The average Bonchev–Trinajstić information content (AvgIpc) is 2.84. The van der Waals surface area contributed by atoms with Crippen molar-refractivity contribution in [3.63, 3.8) is 0 Å². The lowest BCUT2D eigenvalue weighted by molar-refractivity contribution is -0.384. The highest BCUT2D eigenvalue weighted by Gasteiger charge is 2.49. The number of hydrogen-bond acceptors (Lipinski definition) is 7. The van der Waals surface area contributed by atoms with Crippen LogP contribution in [0.3, 0.4) is 0 Å². The van der Waals surface area contributed by atoms with Gasteiger partial charge in [-0.15, -0.1) is 0 Å². The van der Waals surface area contributed by atoms with Gasteiger partial charge in [-0.2, -0.15) is 13.2 Å². The quantitative estimate of drug-likeness (QED) is 0.622. The van der Waals surface area contributed by atoms with E-state index in [2.05, 4.69) is 10.3 Å². The van der Waals surface area contributed by atoms with Crippen LogP contribution in [0.15, 0.2) is 22.7 Å². The number of amides is 1. The Hall–Kier alpha value is -2.50. The summed E-state index contributed by atoms with van der Waals surface area (Å²) in [5.74, 6) is -1.57. The van der Waals surface area contributed by atoms with E-state index in [0.717, 1.165) is 17.0 Å². The zero-order chi connectivity index (χ0) is 18.2. The number of thioether (sulfide) groups is 1. The number of pyridine rings is 1. The van der Waals surface area contributed by atoms with Crippen molar-refractivity contribution in [3.05, 3.63) is 32.8 Å². The van der Waals surface area contributed by atoms with Crippen molar-refractivity contribution in [1.29, 1.82) is 0 Å². The van der Waals surface area contributed by atoms with Gasteiger partial charge in [-0.1, -0.05) is 11.8 Å². The van der Waals surface area contributed by atoms with E-state index in [4.69, 9.17) is 5.73 Å². The molecule has 1 aromatic rings. The van der Waals surface area contributed by atoms with Crippen LogP contribution in [0.2, 0.25) is 0 Å². The summed E-state index contributed by atoms with van der Waals surface area (Å²) >= 11 is 0.652. The van der Waals surface area contributed by atoms with Crippen LogP contribution >= 0.6 is 11.8 Å². The van der Waals surface area contributed by atoms with Crippen LogP contribution in [-0.4, -0.2) is 34.4 Å². The van der Waals surface area contributed by atoms with Gasteiger partial charge in [0.25, 0.3) is 5.91 Å². The van der Waals surface area contributed by atoms with Gasteiger partial charge in [0.15, 0.2) is 0 Å². The molecule has 130 valence electrons. The van der Waals surface area contributed by atoms with Gasteiger partial charge in [-0.25, -0.2) is 4.98 Å². The Kier molecular flexibility index (Phi) is 4.60. The van der Waals surface area contributed by atoms with Gasteiger partial charge in [-0.05, 0) is 13.0 Å². The maximum absolute atomic E-state index is 13.4. The standard InChI is InChI=1S/C12H12F3N5O3S/c1-5-19(9(12(13,14)15)8(24-5)10(16)21)7-4-3-6(20(22)23)11(17-2)18-7/h3-5H,1-2H3,(H2,16,21)(H,17,18). The number of hydrogen-bond donors (Lipinski definition) is 2. The molecule has 0 aliphatic carbocycles. The van der Waals surface area contributed by atoms with Crippen molar-refractivity contribution in [3.8, 4) is 0 Å². The summed E-state index contributed by atoms with van der Waals surface area (Å²) in [4.78, 5) is 25.6. The highest BCUT2D eigenvalue weighted by molar-refractivity contribution is 8.05. The van der Waals surface area contributed by atoms with Crippen molar-refractivity contribution in [2.24, 2.45) is 5.73 Å². The molecule has 2 rings (SSSR count). The predicted octanol–water partition coefficient (Wildman–Crippen LogP) is 2.19. The van der Waals surface area contributed by atoms with Crippen LogP contribution < -0.4 is 16.0 Å². The van der Waals surface area contributed by atoms with Crippen molar-refractivity contribution >= 4 is 35.0 Å². The zero-order valence-corrected chi connectivity index (χ0v) is 13.2. The van der Waals surface area contributed by atoms with Crippen LogP contribution in [-0.2, 0) is 4.79 Å². The first kappa shape index (κ1) is 17.8.